The van der Waals surface area contributed by atoms with Crippen molar-refractivity contribution >= 4 is 17.6 Å². The number of pyridine rings is 2. The molecule has 0 bridgehead atoms. The number of methoxy groups -OCH3 is 1. The summed E-state index contributed by atoms with van der Waals surface area (Å²) >= 11 is 0. The number of hydrogen-bond donors (Lipinski definition) is 1. The van der Waals surface area contributed by atoms with Gasteiger partial charge < -0.3 is 24.7 Å². The van der Waals surface area contributed by atoms with Gasteiger partial charge in [-0.25, -0.2) is 4.79 Å². The van der Waals surface area contributed by atoms with Crippen LogP contribution in [0.4, 0.5) is 5.69 Å². The topological polar surface area (TPSA) is 117 Å². The molecule has 4 heterocycles. The highest BCUT2D eigenvalue weighted by molar-refractivity contribution is 6.18. The number of nitrogens with zero attached hydrogens (tertiary/aromatic N) is 3. The molecule has 0 radical (unpaired) electrons. The lowest BCUT2D eigenvalue weighted by Crippen LogP contribution is -2.51. The second-order valence-corrected chi connectivity index (χ2v) is 8.20. The van der Waals surface area contributed by atoms with E-state index in [-0.39, 0.29) is 29.3 Å². The van der Waals surface area contributed by atoms with Crippen molar-refractivity contribution in [3.05, 3.63) is 99.1 Å². The number of carbonyl (C=O) groups is 2. The van der Waals surface area contributed by atoms with Crippen molar-refractivity contribution in [2.24, 2.45) is 5.73 Å². The number of para-hydroxylation sites is 1. The third-order valence-corrected chi connectivity index (χ3v) is 6.42. The SMILES string of the molecule is COC(=O)C1=C(N)Oc2cc(C)n(Cc3ccccn3)c(=O)c2[C@]12C(=O)N(C)c1ccccc12. The number of hydrogen-bond acceptors (Lipinski definition) is 7. The highest BCUT2D eigenvalue weighted by Gasteiger charge is 2.61. The molecule has 1 spiro atoms. The maximum absolute atomic E-state index is 14.1. The molecular formula is C25H22N4O5. The predicted molar refractivity (Wildman–Crippen MR) is 123 cm³/mol. The molecule has 9 nitrogen and oxygen atoms in total. The average Bonchev–Trinajstić information content (AvgIpc) is 3.04. The van der Waals surface area contributed by atoms with Crippen molar-refractivity contribution < 1.29 is 19.1 Å². The molecule has 34 heavy (non-hydrogen) atoms. The first kappa shape index (κ1) is 21.4. The zero-order chi connectivity index (χ0) is 24.2. The molecule has 1 amide bonds. The molecule has 0 saturated carbocycles. The molecule has 2 aliphatic heterocycles. The van der Waals surface area contributed by atoms with Gasteiger partial charge in [0.1, 0.15) is 16.7 Å². The normalized spacial score (nSPS) is 18.6. The molecule has 0 unspecified atom stereocenters. The summed E-state index contributed by atoms with van der Waals surface area (Å²) in [5, 5.41) is 0. The molecule has 0 saturated heterocycles. The first-order valence-electron chi connectivity index (χ1n) is 10.6. The number of benzene rings is 1. The largest absolute Gasteiger partial charge is 0.465 e. The van der Waals surface area contributed by atoms with Gasteiger partial charge in [0.05, 0.1) is 24.9 Å². The smallest absolute Gasteiger partial charge is 0.340 e. The minimum absolute atomic E-state index is 0.0189. The first-order valence-corrected chi connectivity index (χ1v) is 10.6. The quantitative estimate of drug-likeness (QED) is 0.593. The van der Waals surface area contributed by atoms with Gasteiger partial charge in [-0.15, -0.1) is 0 Å². The van der Waals surface area contributed by atoms with Crippen molar-refractivity contribution in [1.29, 1.82) is 0 Å². The minimum Gasteiger partial charge on any atom is -0.465 e. The molecular weight excluding hydrogens is 436 g/mol. The summed E-state index contributed by atoms with van der Waals surface area (Å²) in [4.78, 5) is 46.9. The summed E-state index contributed by atoms with van der Waals surface area (Å²) in [7, 11) is 2.78. The molecule has 5 rings (SSSR count). The Morgan fingerprint density at radius 3 is 2.62 bits per heavy atom. The van der Waals surface area contributed by atoms with E-state index in [2.05, 4.69) is 4.98 Å². The van der Waals surface area contributed by atoms with Crippen LogP contribution in [0.5, 0.6) is 5.75 Å². The molecule has 2 N–H and O–H groups in total. The predicted octanol–water partition coefficient (Wildman–Crippen LogP) is 1.60. The van der Waals surface area contributed by atoms with E-state index in [0.29, 0.717) is 22.6 Å². The molecule has 172 valence electrons. The number of ether oxygens (including phenoxy) is 2. The van der Waals surface area contributed by atoms with Crippen molar-refractivity contribution in [3.8, 4) is 5.75 Å². The summed E-state index contributed by atoms with van der Waals surface area (Å²) in [6.07, 6.45) is 1.64. The molecule has 9 heteroatoms. The Bertz CT molecular complexity index is 1440. The zero-order valence-corrected chi connectivity index (χ0v) is 18.9. The highest BCUT2D eigenvalue weighted by atomic mass is 16.5. The Hall–Kier alpha value is -4.40. The lowest BCUT2D eigenvalue weighted by atomic mass is 9.68. The Morgan fingerprint density at radius 2 is 1.91 bits per heavy atom. The number of likely N-dealkylation sites (N-methyl/N-ethyl adjacent to an activating group) is 1. The van der Waals surface area contributed by atoms with E-state index >= 15 is 0 Å². The van der Waals surface area contributed by atoms with Gasteiger partial charge in [0.25, 0.3) is 5.56 Å². The van der Waals surface area contributed by atoms with Crippen LogP contribution in [0.15, 0.2) is 71.0 Å². The summed E-state index contributed by atoms with van der Waals surface area (Å²) in [6.45, 7) is 1.93. The average molecular weight is 458 g/mol. The number of nitrogens with two attached hydrogens (primary N) is 1. The van der Waals surface area contributed by atoms with Crippen LogP contribution in [0, 0.1) is 6.92 Å². The summed E-state index contributed by atoms with van der Waals surface area (Å²) in [5.41, 5.74) is 6.01. The second kappa shape index (κ2) is 7.58. The van der Waals surface area contributed by atoms with E-state index in [1.807, 2.05) is 6.07 Å². The van der Waals surface area contributed by atoms with E-state index in [1.54, 1.807) is 62.6 Å². The third-order valence-electron chi connectivity index (χ3n) is 6.42. The number of rotatable bonds is 3. The van der Waals surface area contributed by atoms with Gasteiger partial charge in [-0.05, 0) is 25.1 Å². The maximum Gasteiger partial charge on any atom is 0.340 e. The van der Waals surface area contributed by atoms with Crippen LogP contribution < -0.4 is 20.9 Å². The van der Waals surface area contributed by atoms with Crippen LogP contribution >= 0.6 is 0 Å². The number of aromatic nitrogens is 2. The Kier molecular flexibility index (Phi) is 4.78. The van der Waals surface area contributed by atoms with Crippen molar-refractivity contribution in [2.45, 2.75) is 18.9 Å². The number of esters is 1. The fourth-order valence-corrected chi connectivity index (χ4v) is 4.89. The fourth-order valence-electron chi connectivity index (χ4n) is 4.89. The standard InChI is InChI=1S/C25H22N4O5/c1-14-12-18-19(22(30)29(14)13-15-8-6-7-11-27-15)25(20(21(26)34-18)23(31)33-3)16-9-4-5-10-17(16)28(2)24(25)32/h4-12H,13,26H2,1-3H3/t25-/m0/s1. The summed E-state index contributed by atoms with van der Waals surface area (Å²) in [5.74, 6) is -1.49. The van der Waals surface area contributed by atoms with E-state index in [0.717, 1.165) is 0 Å². The molecule has 2 aromatic heterocycles. The summed E-state index contributed by atoms with van der Waals surface area (Å²) in [6, 6.07) is 14.1. The van der Waals surface area contributed by atoms with E-state index < -0.39 is 22.9 Å². The van der Waals surface area contributed by atoms with Gasteiger partial charge in [-0.3, -0.25) is 14.6 Å². The number of anilines is 1. The zero-order valence-electron chi connectivity index (χ0n) is 18.9. The fraction of sp³-hybridized carbons (Fsp3) is 0.200. The van der Waals surface area contributed by atoms with Crippen LogP contribution in [0.3, 0.4) is 0 Å². The van der Waals surface area contributed by atoms with Crippen molar-refractivity contribution in [2.75, 3.05) is 19.1 Å². The number of fused-ring (bicyclic) bond motifs is 4. The van der Waals surface area contributed by atoms with Crippen molar-refractivity contribution in [3.63, 3.8) is 0 Å². The second-order valence-electron chi connectivity index (χ2n) is 8.20. The van der Waals surface area contributed by atoms with E-state index in [9.17, 15) is 14.4 Å². The monoisotopic (exact) mass is 458 g/mol. The van der Waals surface area contributed by atoms with Gasteiger partial charge >= 0.3 is 5.97 Å². The Balaban J connectivity index is 1.88. The van der Waals surface area contributed by atoms with E-state index in [4.69, 9.17) is 15.2 Å². The highest BCUT2D eigenvalue weighted by Crippen LogP contribution is 2.54. The summed E-state index contributed by atoms with van der Waals surface area (Å²) < 4.78 is 12.3. The van der Waals surface area contributed by atoms with Crippen molar-refractivity contribution in [1.82, 2.24) is 9.55 Å². The number of amides is 1. The van der Waals surface area contributed by atoms with Crippen LogP contribution in [-0.4, -0.2) is 35.6 Å². The molecule has 1 aromatic carbocycles. The van der Waals surface area contributed by atoms with Crippen LogP contribution in [0.2, 0.25) is 0 Å². The minimum atomic E-state index is -1.81. The molecule has 2 aliphatic rings. The molecule has 1 atom stereocenters. The number of carbonyl (C=O) groups excluding carboxylic acids is 2. The van der Waals surface area contributed by atoms with Gasteiger partial charge in [0.15, 0.2) is 0 Å². The van der Waals surface area contributed by atoms with Crippen LogP contribution in [0.25, 0.3) is 0 Å². The van der Waals surface area contributed by atoms with Gasteiger partial charge in [-0.2, -0.15) is 0 Å². The van der Waals surface area contributed by atoms with Gasteiger partial charge in [-0.1, -0.05) is 24.3 Å². The lowest BCUT2D eigenvalue weighted by Gasteiger charge is -2.35. The first-order chi connectivity index (χ1) is 16.3. The van der Waals surface area contributed by atoms with E-state index in [1.165, 1.54) is 16.6 Å². The number of aryl methyl sites for hydroxylation is 1. The van der Waals surface area contributed by atoms with Gasteiger partial charge in [0, 0.05) is 36.3 Å². The Labute approximate surface area is 195 Å². The molecule has 0 aliphatic carbocycles. The Morgan fingerprint density at radius 1 is 1.18 bits per heavy atom. The molecule has 3 aromatic rings. The van der Waals surface area contributed by atoms with Crippen LogP contribution in [-0.2, 0) is 26.3 Å². The molecule has 0 fully saturated rings. The lowest BCUT2D eigenvalue weighted by molar-refractivity contribution is -0.138. The maximum atomic E-state index is 14.1. The van der Waals surface area contributed by atoms with Gasteiger partial charge in [0.2, 0.25) is 11.8 Å². The third kappa shape index (κ3) is 2.73. The van der Waals surface area contributed by atoms with Crippen LogP contribution in [0.1, 0.15) is 22.5 Å².